The summed E-state index contributed by atoms with van der Waals surface area (Å²) in [7, 11) is 0. The lowest BCUT2D eigenvalue weighted by Gasteiger charge is -2.23. The Morgan fingerprint density at radius 1 is 1.37 bits per heavy atom. The molecule has 1 heterocycles. The Morgan fingerprint density at radius 2 is 2.00 bits per heavy atom. The second-order valence-corrected chi connectivity index (χ2v) is 6.42. The van der Waals surface area contributed by atoms with E-state index in [4.69, 9.17) is 0 Å². The second kappa shape index (κ2) is 6.22. The minimum Gasteiger partial charge on any atom is -0.363 e. The first-order valence-electron chi connectivity index (χ1n) is 7.10. The monoisotopic (exact) mass is 265 g/mol. The third-order valence-corrected chi connectivity index (χ3v) is 3.40. The fourth-order valence-corrected chi connectivity index (χ4v) is 2.10. The van der Waals surface area contributed by atoms with E-state index in [0.29, 0.717) is 11.7 Å². The van der Waals surface area contributed by atoms with Crippen LogP contribution in [0.25, 0.3) is 0 Å². The maximum atomic E-state index is 12.3. The molecule has 0 aliphatic carbocycles. The predicted molar refractivity (Wildman–Crippen MR) is 80.6 cm³/mol. The van der Waals surface area contributed by atoms with Crippen molar-refractivity contribution in [2.24, 2.45) is 5.92 Å². The zero-order chi connectivity index (χ0) is 14.6. The molecule has 1 N–H and O–H groups in total. The summed E-state index contributed by atoms with van der Waals surface area (Å²) in [6, 6.07) is 0.256. The van der Waals surface area contributed by atoms with Crippen LogP contribution in [0.1, 0.15) is 54.4 Å². The van der Waals surface area contributed by atoms with Crippen LogP contribution >= 0.6 is 0 Å². The van der Waals surface area contributed by atoms with Gasteiger partial charge in [0.1, 0.15) is 0 Å². The maximum absolute atomic E-state index is 12.3. The summed E-state index contributed by atoms with van der Waals surface area (Å²) >= 11 is 0. The minimum atomic E-state index is -0.226. The third-order valence-electron chi connectivity index (χ3n) is 3.40. The van der Waals surface area contributed by atoms with Crippen LogP contribution in [-0.4, -0.2) is 15.6 Å². The molecule has 1 aromatic heterocycles. The summed E-state index contributed by atoms with van der Waals surface area (Å²) < 4.78 is 1.72. The van der Waals surface area contributed by atoms with Crippen LogP contribution in [0.15, 0.2) is 17.2 Å². The number of anilines is 1. The van der Waals surface area contributed by atoms with E-state index in [2.05, 4.69) is 31.1 Å². The van der Waals surface area contributed by atoms with Crippen LogP contribution in [0, 0.1) is 5.92 Å². The topological polar surface area (TPSA) is 46.9 Å². The number of hydrogen-bond donors (Lipinski definition) is 1. The van der Waals surface area contributed by atoms with E-state index in [0.717, 1.165) is 12.8 Å². The Labute approximate surface area is 116 Å². The Balaban J connectivity index is 2.89. The van der Waals surface area contributed by atoms with Gasteiger partial charge in [-0.3, -0.25) is 4.79 Å². The first-order valence-corrected chi connectivity index (χ1v) is 7.10. The lowest BCUT2D eigenvalue weighted by Crippen LogP contribution is -2.36. The van der Waals surface area contributed by atoms with Crippen LogP contribution < -0.4 is 10.9 Å². The summed E-state index contributed by atoms with van der Waals surface area (Å²) in [5.74, 6) is 1.10. The summed E-state index contributed by atoms with van der Waals surface area (Å²) in [5, 5.41) is 3.24. The normalized spacial score (nSPS) is 15.1. The van der Waals surface area contributed by atoms with Crippen molar-refractivity contribution in [2.75, 3.05) is 5.32 Å². The third kappa shape index (κ3) is 4.37. The molecule has 0 aliphatic rings. The molecule has 4 nitrogen and oxygen atoms in total. The van der Waals surface area contributed by atoms with Crippen molar-refractivity contribution >= 4 is 5.82 Å². The summed E-state index contributed by atoms with van der Waals surface area (Å²) in [6.07, 6.45) is 5.63. The fourth-order valence-electron chi connectivity index (χ4n) is 2.10. The van der Waals surface area contributed by atoms with Crippen molar-refractivity contribution < 1.29 is 0 Å². The first kappa shape index (κ1) is 15.7. The van der Waals surface area contributed by atoms with Crippen molar-refractivity contribution in [3.8, 4) is 0 Å². The molecule has 2 unspecified atom stereocenters. The molecule has 19 heavy (non-hydrogen) atoms. The largest absolute Gasteiger partial charge is 0.363 e. The molecule has 0 aromatic carbocycles. The van der Waals surface area contributed by atoms with Gasteiger partial charge in [0.25, 0.3) is 5.56 Å². The number of nitrogens with one attached hydrogen (secondary N) is 1. The van der Waals surface area contributed by atoms with E-state index < -0.39 is 0 Å². The summed E-state index contributed by atoms with van der Waals surface area (Å²) in [4.78, 5) is 16.5. The van der Waals surface area contributed by atoms with Crippen LogP contribution in [0.2, 0.25) is 0 Å². The number of nitrogens with zero attached hydrogens (tertiary/aromatic N) is 2. The summed E-state index contributed by atoms with van der Waals surface area (Å²) in [6.45, 7) is 12.6. The van der Waals surface area contributed by atoms with Crippen molar-refractivity contribution in [3.63, 3.8) is 0 Å². The van der Waals surface area contributed by atoms with E-state index in [-0.39, 0.29) is 17.1 Å². The van der Waals surface area contributed by atoms with Gasteiger partial charge < -0.3 is 9.88 Å². The Bertz CT molecular complexity index is 459. The van der Waals surface area contributed by atoms with Gasteiger partial charge in [-0.2, -0.15) is 0 Å². The first-order chi connectivity index (χ1) is 8.75. The summed E-state index contributed by atoms with van der Waals surface area (Å²) in [5.41, 5.74) is -0.276. The average Bonchev–Trinajstić information content (AvgIpc) is 2.30. The maximum Gasteiger partial charge on any atom is 0.293 e. The van der Waals surface area contributed by atoms with Gasteiger partial charge in [-0.05, 0) is 40.0 Å². The molecule has 0 radical (unpaired) electrons. The van der Waals surface area contributed by atoms with E-state index in [1.54, 1.807) is 17.0 Å². The van der Waals surface area contributed by atoms with Gasteiger partial charge in [0.15, 0.2) is 5.82 Å². The van der Waals surface area contributed by atoms with E-state index >= 15 is 0 Å². The predicted octanol–water partition coefficient (Wildman–Crippen LogP) is 3.23. The lowest BCUT2D eigenvalue weighted by molar-refractivity contribution is 0.382. The molecule has 2 atom stereocenters. The zero-order valence-corrected chi connectivity index (χ0v) is 13.0. The quantitative estimate of drug-likeness (QED) is 0.889. The van der Waals surface area contributed by atoms with Crippen molar-refractivity contribution in [1.82, 2.24) is 9.55 Å². The molecule has 0 fully saturated rings. The van der Waals surface area contributed by atoms with Crippen LogP contribution in [0.5, 0.6) is 0 Å². The fraction of sp³-hybridized carbons (Fsp3) is 0.733. The molecule has 0 saturated carbocycles. The molecule has 0 spiro atoms. The van der Waals surface area contributed by atoms with Crippen LogP contribution in [0.3, 0.4) is 0 Å². The van der Waals surface area contributed by atoms with Crippen molar-refractivity contribution in [2.45, 2.75) is 66.0 Å². The highest BCUT2D eigenvalue weighted by Crippen LogP contribution is 2.14. The molecule has 0 saturated heterocycles. The Morgan fingerprint density at radius 3 is 2.53 bits per heavy atom. The standard InChI is InChI=1S/C15H27N3O/c1-7-11(2)10-12(3)17-13-14(19)18(9-8-16-13)15(4,5)6/h8-9,11-12H,7,10H2,1-6H3,(H,16,17). The highest BCUT2D eigenvalue weighted by atomic mass is 16.1. The Kier molecular flexibility index (Phi) is 5.15. The molecule has 4 heteroatoms. The van der Waals surface area contributed by atoms with E-state index in [1.165, 1.54) is 0 Å². The lowest BCUT2D eigenvalue weighted by atomic mass is 10.0. The van der Waals surface area contributed by atoms with Gasteiger partial charge in [-0.15, -0.1) is 0 Å². The molecule has 1 aromatic rings. The zero-order valence-electron chi connectivity index (χ0n) is 13.0. The number of aromatic nitrogens is 2. The molecule has 0 bridgehead atoms. The molecular weight excluding hydrogens is 238 g/mol. The average molecular weight is 265 g/mol. The minimum absolute atomic E-state index is 0.0500. The van der Waals surface area contributed by atoms with Gasteiger partial charge in [-0.25, -0.2) is 4.98 Å². The van der Waals surface area contributed by atoms with Crippen LogP contribution in [-0.2, 0) is 5.54 Å². The SMILES string of the molecule is CCC(C)CC(C)Nc1nccn(C(C)(C)C)c1=O. The van der Waals surface area contributed by atoms with Gasteiger partial charge in [0.2, 0.25) is 0 Å². The van der Waals surface area contributed by atoms with Crippen molar-refractivity contribution in [3.05, 3.63) is 22.7 Å². The molecule has 0 amide bonds. The van der Waals surface area contributed by atoms with Gasteiger partial charge in [-0.1, -0.05) is 20.3 Å². The van der Waals surface area contributed by atoms with Gasteiger partial charge >= 0.3 is 0 Å². The van der Waals surface area contributed by atoms with Crippen molar-refractivity contribution in [1.29, 1.82) is 0 Å². The highest BCUT2D eigenvalue weighted by molar-refractivity contribution is 5.32. The molecule has 1 rings (SSSR count). The smallest absolute Gasteiger partial charge is 0.293 e. The van der Waals surface area contributed by atoms with Crippen LogP contribution in [0.4, 0.5) is 5.82 Å². The molecular formula is C15H27N3O. The second-order valence-electron chi connectivity index (χ2n) is 6.42. The van der Waals surface area contributed by atoms with E-state index in [1.807, 2.05) is 20.8 Å². The molecule has 108 valence electrons. The van der Waals surface area contributed by atoms with Gasteiger partial charge in [0, 0.05) is 24.0 Å². The number of hydrogen-bond acceptors (Lipinski definition) is 3. The highest BCUT2D eigenvalue weighted by Gasteiger charge is 2.17. The number of rotatable bonds is 5. The Hall–Kier alpha value is -1.32. The molecule has 0 aliphatic heterocycles. The van der Waals surface area contributed by atoms with E-state index in [9.17, 15) is 4.79 Å². The van der Waals surface area contributed by atoms with Gasteiger partial charge in [0.05, 0.1) is 0 Å².